The normalized spacial score (nSPS) is 13.6. The molecule has 7 heteroatoms. The molecular formula is C11H11F3N4. The van der Waals surface area contributed by atoms with Crippen LogP contribution in [0.2, 0.25) is 0 Å². The fourth-order valence-electron chi connectivity index (χ4n) is 1.56. The minimum atomic E-state index is -4.21. The van der Waals surface area contributed by atoms with Crippen molar-refractivity contribution in [3.63, 3.8) is 0 Å². The molecule has 1 aromatic heterocycles. The average Bonchev–Trinajstić information content (AvgIpc) is 2.26. The zero-order valence-electron chi connectivity index (χ0n) is 9.57. The Balaban J connectivity index is 2.12. The van der Waals surface area contributed by atoms with Crippen LogP contribution < -0.4 is 5.32 Å². The molecule has 1 N–H and O–H groups in total. The minimum absolute atomic E-state index is 0.102. The lowest BCUT2D eigenvalue weighted by atomic mass is 10.2. The second-order valence-corrected chi connectivity index (χ2v) is 3.99. The summed E-state index contributed by atoms with van der Waals surface area (Å²) in [5.41, 5.74) is 1.20. The second kappa shape index (κ2) is 4.75. The van der Waals surface area contributed by atoms with Crippen LogP contribution in [0.15, 0.2) is 24.3 Å². The number of halogens is 3. The van der Waals surface area contributed by atoms with E-state index in [-0.39, 0.29) is 5.95 Å². The summed E-state index contributed by atoms with van der Waals surface area (Å²) in [6, 6.07) is 6.23. The van der Waals surface area contributed by atoms with Crippen molar-refractivity contribution < 1.29 is 13.2 Å². The van der Waals surface area contributed by atoms with Crippen molar-refractivity contribution in [3.8, 4) is 0 Å². The number of hydrogen-bond acceptors (Lipinski definition) is 4. The first-order valence-electron chi connectivity index (χ1n) is 5.37. The van der Waals surface area contributed by atoms with Gasteiger partial charge in [-0.25, -0.2) is 4.98 Å². The maximum Gasteiger partial charge on any atom is 0.391 e. The Morgan fingerprint density at radius 1 is 1.17 bits per heavy atom. The van der Waals surface area contributed by atoms with Crippen molar-refractivity contribution in [3.05, 3.63) is 24.3 Å². The summed E-state index contributed by atoms with van der Waals surface area (Å²) in [6.07, 6.45) is -5.15. The molecule has 0 fully saturated rings. The number of anilines is 1. The zero-order chi connectivity index (χ0) is 13.2. The molecule has 2 aromatic rings. The van der Waals surface area contributed by atoms with Gasteiger partial charge in [0.15, 0.2) is 0 Å². The van der Waals surface area contributed by atoms with Crippen molar-refractivity contribution in [2.24, 2.45) is 0 Å². The predicted molar refractivity (Wildman–Crippen MR) is 61.1 cm³/mol. The van der Waals surface area contributed by atoms with E-state index >= 15 is 0 Å². The first-order chi connectivity index (χ1) is 8.44. The van der Waals surface area contributed by atoms with E-state index in [1.165, 1.54) is 6.92 Å². The van der Waals surface area contributed by atoms with Gasteiger partial charge >= 0.3 is 6.18 Å². The molecular weight excluding hydrogens is 245 g/mol. The molecule has 0 saturated carbocycles. The summed E-state index contributed by atoms with van der Waals surface area (Å²) in [5, 5.41) is 10.2. The van der Waals surface area contributed by atoms with Crippen molar-refractivity contribution in [2.45, 2.75) is 25.6 Å². The second-order valence-electron chi connectivity index (χ2n) is 3.99. The van der Waals surface area contributed by atoms with Crippen LogP contribution in [0.25, 0.3) is 11.0 Å². The molecule has 0 amide bonds. The third kappa shape index (κ3) is 3.28. The molecule has 1 unspecified atom stereocenters. The third-order valence-corrected chi connectivity index (χ3v) is 2.27. The smallest absolute Gasteiger partial charge is 0.350 e. The standard InChI is InChI=1S/C11H11F3N4/c1-7(6-11(12,13)14)15-10-16-8-4-2-3-5-9(8)17-18-10/h2-5,7H,6H2,1H3,(H,15,16,18). The molecule has 0 bridgehead atoms. The van der Waals surface area contributed by atoms with E-state index in [4.69, 9.17) is 0 Å². The molecule has 1 aromatic carbocycles. The molecule has 96 valence electrons. The van der Waals surface area contributed by atoms with Gasteiger partial charge in [0.1, 0.15) is 5.52 Å². The van der Waals surface area contributed by atoms with E-state index in [2.05, 4.69) is 20.5 Å². The lowest BCUT2D eigenvalue weighted by molar-refractivity contribution is -0.136. The van der Waals surface area contributed by atoms with E-state index < -0.39 is 18.6 Å². The summed E-state index contributed by atoms with van der Waals surface area (Å²) in [5.74, 6) is 0.102. The van der Waals surface area contributed by atoms with E-state index in [1.807, 2.05) is 0 Å². The fourth-order valence-corrected chi connectivity index (χ4v) is 1.56. The molecule has 0 aliphatic heterocycles. The molecule has 4 nitrogen and oxygen atoms in total. The molecule has 0 spiro atoms. The Labute approximate surface area is 101 Å². The number of rotatable bonds is 3. The fraction of sp³-hybridized carbons (Fsp3) is 0.364. The van der Waals surface area contributed by atoms with Crippen LogP contribution in [0.1, 0.15) is 13.3 Å². The van der Waals surface area contributed by atoms with Gasteiger partial charge in [0.25, 0.3) is 0 Å². The summed E-state index contributed by atoms with van der Waals surface area (Å²) in [4.78, 5) is 4.09. The van der Waals surface area contributed by atoms with Crippen LogP contribution in [0.3, 0.4) is 0 Å². The predicted octanol–water partition coefficient (Wildman–Crippen LogP) is 2.78. The number of hydrogen-bond donors (Lipinski definition) is 1. The molecule has 0 aliphatic rings. The zero-order valence-corrected chi connectivity index (χ0v) is 9.57. The van der Waals surface area contributed by atoms with Gasteiger partial charge < -0.3 is 5.32 Å². The van der Waals surface area contributed by atoms with Crippen LogP contribution in [0, 0.1) is 0 Å². The van der Waals surface area contributed by atoms with Crippen molar-refractivity contribution >= 4 is 17.0 Å². The van der Waals surface area contributed by atoms with Gasteiger partial charge in [-0.05, 0) is 19.1 Å². The van der Waals surface area contributed by atoms with E-state index in [0.717, 1.165) is 0 Å². The van der Waals surface area contributed by atoms with Crippen molar-refractivity contribution in [1.29, 1.82) is 0 Å². The molecule has 18 heavy (non-hydrogen) atoms. The number of aromatic nitrogens is 3. The monoisotopic (exact) mass is 256 g/mol. The summed E-state index contributed by atoms with van der Waals surface area (Å²) >= 11 is 0. The molecule has 0 aliphatic carbocycles. The van der Waals surface area contributed by atoms with Gasteiger partial charge in [0.2, 0.25) is 5.95 Å². The summed E-state index contributed by atoms with van der Waals surface area (Å²) < 4.78 is 36.5. The number of nitrogens with zero attached hydrogens (tertiary/aromatic N) is 3. The van der Waals surface area contributed by atoms with Gasteiger partial charge in [-0.15, -0.1) is 10.2 Å². The first kappa shape index (κ1) is 12.5. The van der Waals surface area contributed by atoms with Crippen LogP contribution in [-0.4, -0.2) is 27.4 Å². The number of fused-ring (bicyclic) bond motifs is 1. The summed E-state index contributed by atoms with van der Waals surface area (Å²) in [7, 11) is 0. The van der Waals surface area contributed by atoms with Crippen molar-refractivity contribution in [1.82, 2.24) is 15.2 Å². The van der Waals surface area contributed by atoms with Gasteiger partial charge in [-0.3, -0.25) is 0 Å². The maximum absolute atomic E-state index is 12.2. The molecule has 1 atom stereocenters. The Morgan fingerprint density at radius 3 is 2.50 bits per heavy atom. The SMILES string of the molecule is CC(CC(F)(F)F)Nc1nnc2ccccc2n1. The first-order valence-corrected chi connectivity index (χ1v) is 5.37. The molecule has 0 saturated heterocycles. The van der Waals surface area contributed by atoms with Crippen LogP contribution in [0.5, 0.6) is 0 Å². The van der Waals surface area contributed by atoms with Gasteiger partial charge in [-0.1, -0.05) is 12.1 Å². The molecule has 2 rings (SSSR count). The Morgan fingerprint density at radius 2 is 1.83 bits per heavy atom. The number of benzene rings is 1. The van der Waals surface area contributed by atoms with Crippen LogP contribution >= 0.6 is 0 Å². The molecule has 1 heterocycles. The van der Waals surface area contributed by atoms with E-state index in [9.17, 15) is 13.2 Å². The highest BCUT2D eigenvalue weighted by Crippen LogP contribution is 2.22. The highest BCUT2D eigenvalue weighted by molar-refractivity contribution is 5.74. The summed E-state index contributed by atoms with van der Waals surface area (Å²) in [6.45, 7) is 1.42. The Kier molecular flexibility index (Phi) is 3.31. The van der Waals surface area contributed by atoms with Gasteiger partial charge in [-0.2, -0.15) is 13.2 Å². The Hall–Kier alpha value is -1.92. The lowest BCUT2D eigenvalue weighted by Crippen LogP contribution is -2.25. The van der Waals surface area contributed by atoms with Gasteiger partial charge in [0, 0.05) is 6.04 Å². The van der Waals surface area contributed by atoms with Crippen LogP contribution in [-0.2, 0) is 0 Å². The average molecular weight is 256 g/mol. The third-order valence-electron chi connectivity index (χ3n) is 2.27. The van der Waals surface area contributed by atoms with Crippen molar-refractivity contribution in [2.75, 3.05) is 5.32 Å². The maximum atomic E-state index is 12.2. The number of alkyl halides is 3. The Bertz CT molecular complexity index is 541. The highest BCUT2D eigenvalue weighted by atomic mass is 19.4. The van der Waals surface area contributed by atoms with Crippen LogP contribution in [0.4, 0.5) is 19.1 Å². The largest absolute Gasteiger partial charge is 0.391 e. The quantitative estimate of drug-likeness (QED) is 0.917. The lowest BCUT2D eigenvalue weighted by Gasteiger charge is -2.15. The van der Waals surface area contributed by atoms with E-state index in [0.29, 0.717) is 11.0 Å². The minimum Gasteiger partial charge on any atom is -0.350 e. The topological polar surface area (TPSA) is 50.7 Å². The highest BCUT2D eigenvalue weighted by Gasteiger charge is 2.30. The number of para-hydroxylation sites is 1. The van der Waals surface area contributed by atoms with Gasteiger partial charge in [0.05, 0.1) is 11.9 Å². The number of nitrogens with one attached hydrogen (secondary N) is 1. The van der Waals surface area contributed by atoms with E-state index in [1.54, 1.807) is 24.3 Å². The molecule has 0 radical (unpaired) electrons.